The Hall–Kier alpha value is -3.31. The molecule has 0 amide bonds. The van der Waals surface area contributed by atoms with Crippen LogP contribution >= 0.6 is 0 Å². The first-order valence-corrected chi connectivity index (χ1v) is 13.3. The smallest absolute Gasteiger partial charge is 0.331 e. The molecule has 1 saturated carbocycles. The van der Waals surface area contributed by atoms with Crippen molar-refractivity contribution in [3.05, 3.63) is 53.1 Å². The van der Waals surface area contributed by atoms with Crippen LogP contribution in [0.1, 0.15) is 42.1 Å². The van der Waals surface area contributed by atoms with Gasteiger partial charge < -0.3 is 38.6 Å². The van der Waals surface area contributed by atoms with E-state index in [2.05, 4.69) is 11.9 Å². The maximum Gasteiger partial charge on any atom is 0.331 e. The molecule has 0 unspecified atom stereocenters. The number of hydrogen-bond acceptors (Lipinski definition) is 10. The second-order valence-electron chi connectivity index (χ2n) is 11.0. The van der Waals surface area contributed by atoms with Gasteiger partial charge in [0.15, 0.2) is 23.0 Å². The summed E-state index contributed by atoms with van der Waals surface area (Å²) in [6, 6.07) is 8.55. The average Bonchev–Trinajstić information content (AvgIpc) is 3.45. The maximum absolute atomic E-state index is 13.2. The van der Waals surface area contributed by atoms with Crippen LogP contribution in [0, 0.1) is 0 Å². The molecule has 4 aliphatic rings. The zero-order valence-electron chi connectivity index (χ0n) is 23.3. The number of methoxy groups -OCH3 is 4. The predicted octanol–water partition coefficient (Wildman–Crippen LogP) is 3.29. The molecule has 1 spiro atoms. The van der Waals surface area contributed by atoms with Crippen molar-refractivity contribution in [1.29, 1.82) is 0 Å². The van der Waals surface area contributed by atoms with Crippen molar-refractivity contribution in [2.75, 3.05) is 42.0 Å². The summed E-state index contributed by atoms with van der Waals surface area (Å²) in [5.74, 6) is -1.08. The third-order valence-corrected chi connectivity index (χ3v) is 9.61. The first-order chi connectivity index (χ1) is 19.2. The fourth-order valence-electron chi connectivity index (χ4n) is 8.14. The first-order valence-electron chi connectivity index (χ1n) is 13.3. The molecule has 2 aliphatic heterocycles. The number of hydrogen-bond donors (Lipinski definition) is 2. The number of nitrogens with zero attached hydrogens (tertiary/aromatic N) is 1. The van der Waals surface area contributed by atoms with E-state index in [1.165, 1.54) is 26.4 Å². The Morgan fingerprint density at radius 2 is 1.82 bits per heavy atom. The molecule has 10 heteroatoms. The number of aromatic hydroxyl groups is 2. The molecule has 2 heterocycles. The lowest BCUT2D eigenvalue weighted by Gasteiger charge is -2.61. The van der Waals surface area contributed by atoms with Gasteiger partial charge in [0.25, 0.3) is 0 Å². The van der Waals surface area contributed by atoms with E-state index in [4.69, 9.17) is 28.4 Å². The second kappa shape index (κ2) is 9.37. The van der Waals surface area contributed by atoms with E-state index in [0.29, 0.717) is 36.3 Å². The normalized spacial score (nSPS) is 34.0. The van der Waals surface area contributed by atoms with Crippen LogP contribution in [0.15, 0.2) is 36.4 Å². The average molecular weight is 554 g/mol. The Morgan fingerprint density at radius 3 is 2.50 bits per heavy atom. The van der Waals surface area contributed by atoms with Crippen molar-refractivity contribution in [2.24, 2.45) is 0 Å². The Morgan fingerprint density at radius 1 is 1.07 bits per heavy atom. The molecule has 2 aromatic rings. The lowest BCUT2D eigenvalue weighted by Crippen LogP contribution is -2.77. The van der Waals surface area contributed by atoms with Crippen LogP contribution in [-0.2, 0) is 29.2 Å². The van der Waals surface area contributed by atoms with Crippen molar-refractivity contribution in [3.8, 4) is 23.0 Å². The third-order valence-electron chi connectivity index (χ3n) is 9.61. The van der Waals surface area contributed by atoms with Crippen molar-refractivity contribution < 1.29 is 43.4 Å². The van der Waals surface area contributed by atoms with E-state index < -0.39 is 34.9 Å². The maximum atomic E-state index is 13.2. The fraction of sp³-hybridized carbons (Fsp3) is 0.500. The summed E-state index contributed by atoms with van der Waals surface area (Å²) >= 11 is 0. The van der Waals surface area contributed by atoms with E-state index in [1.807, 2.05) is 6.07 Å². The van der Waals surface area contributed by atoms with Crippen LogP contribution in [0.25, 0.3) is 6.08 Å². The minimum atomic E-state index is -1.27. The van der Waals surface area contributed by atoms with Crippen molar-refractivity contribution in [1.82, 2.24) is 4.90 Å². The van der Waals surface area contributed by atoms with Gasteiger partial charge in [0.2, 0.25) is 5.79 Å². The monoisotopic (exact) mass is 553 g/mol. The molecule has 0 radical (unpaired) electrons. The standard InChI is InChI=1S/C30H35NO9/c1-31-13-12-28-15-23(39-24(33)11-7-17-6-9-20(35-2)19(32)14-17)27(37-4)30(38-5)29(28,31)16-22(40-30)18-8-10-21(36-3)26(34)25(18)28/h6-11,14,22-23,27,32,34H,12-13,15-16H2,1-5H3/b11-7+/t22-,23+,27+,28+,29+,30-/m1/s1. The van der Waals surface area contributed by atoms with Gasteiger partial charge in [-0.3, -0.25) is 4.90 Å². The highest BCUT2D eigenvalue weighted by Crippen LogP contribution is 2.73. The SMILES string of the molecule is COc1ccc(/C=C/C(=O)O[C@H]2C[C@]34CCN(C)[C@@]35C[C@@H](O[C@]5(OC)[C@H]2OC)c2ccc(OC)c(O)c24)cc1O. The number of benzene rings is 2. The number of fused-ring (bicyclic) bond motifs is 3. The molecule has 6 rings (SSSR count). The van der Waals surface area contributed by atoms with E-state index in [1.54, 1.807) is 38.5 Å². The topological polar surface area (TPSA) is 116 Å². The molecule has 3 fully saturated rings. The molecule has 0 aromatic heterocycles. The van der Waals surface area contributed by atoms with Gasteiger partial charge in [0, 0.05) is 37.7 Å². The van der Waals surface area contributed by atoms with Crippen LogP contribution in [0.3, 0.4) is 0 Å². The van der Waals surface area contributed by atoms with Crippen LogP contribution < -0.4 is 9.47 Å². The summed E-state index contributed by atoms with van der Waals surface area (Å²) < 4.78 is 35.9. The molecular weight excluding hydrogens is 518 g/mol. The lowest BCUT2D eigenvalue weighted by molar-refractivity contribution is -0.339. The van der Waals surface area contributed by atoms with E-state index in [9.17, 15) is 15.0 Å². The highest BCUT2D eigenvalue weighted by Gasteiger charge is 2.83. The Labute approximate surface area is 233 Å². The molecule has 6 atom stereocenters. The molecule has 2 bridgehead atoms. The first kappa shape index (κ1) is 26.9. The number of ether oxygens (including phenoxy) is 6. The number of rotatable bonds is 7. The van der Waals surface area contributed by atoms with Gasteiger partial charge in [-0.2, -0.15) is 0 Å². The molecule has 40 heavy (non-hydrogen) atoms. The summed E-state index contributed by atoms with van der Waals surface area (Å²) in [6.45, 7) is 0.731. The second-order valence-corrected chi connectivity index (χ2v) is 11.0. The van der Waals surface area contributed by atoms with Crippen LogP contribution in [0.4, 0.5) is 0 Å². The fourth-order valence-corrected chi connectivity index (χ4v) is 8.14. The zero-order valence-corrected chi connectivity index (χ0v) is 23.3. The summed E-state index contributed by atoms with van der Waals surface area (Å²) in [4.78, 5) is 15.5. The summed E-state index contributed by atoms with van der Waals surface area (Å²) in [5.41, 5.74) is 0.935. The molecule has 2 aliphatic carbocycles. The Balaban J connectivity index is 1.42. The summed E-state index contributed by atoms with van der Waals surface area (Å²) in [7, 11) is 8.22. The van der Waals surface area contributed by atoms with Crippen LogP contribution in [0.2, 0.25) is 0 Å². The van der Waals surface area contributed by atoms with Crippen LogP contribution in [0.5, 0.6) is 23.0 Å². The van der Waals surface area contributed by atoms with Crippen molar-refractivity contribution in [2.45, 2.75) is 54.3 Å². The predicted molar refractivity (Wildman–Crippen MR) is 143 cm³/mol. The van der Waals surface area contributed by atoms with Crippen molar-refractivity contribution >= 4 is 12.0 Å². The van der Waals surface area contributed by atoms with Gasteiger partial charge in [-0.1, -0.05) is 12.1 Å². The molecule has 214 valence electrons. The summed E-state index contributed by atoms with van der Waals surface area (Å²) in [5, 5.41) is 21.6. The summed E-state index contributed by atoms with van der Waals surface area (Å²) in [6.07, 6.45) is 2.78. The van der Waals surface area contributed by atoms with Gasteiger partial charge in [-0.25, -0.2) is 4.79 Å². The number of likely N-dealkylation sites (N-methyl/N-ethyl adjacent to an activating group) is 1. The number of phenolic OH excluding ortho intramolecular Hbond substituents is 2. The third kappa shape index (κ3) is 3.27. The van der Waals surface area contributed by atoms with E-state index in [0.717, 1.165) is 17.7 Å². The lowest BCUT2D eigenvalue weighted by atomic mass is 9.50. The van der Waals surface area contributed by atoms with Gasteiger partial charge in [-0.05, 0) is 61.8 Å². The molecule has 2 N–H and O–H groups in total. The molecule has 2 aromatic carbocycles. The van der Waals surface area contributed by atoms with Gasteiger partial charge in [-0.15, -0.1) is 0 Å². The number of likely N-dealkylation sites (tertiary alicyclic amines) is 1. The quantitative estimate of drug-likeness (QED) is 0.391. The molecule has 10 nitrogen and oxygen atoms in total. The molecular formula is C30H35NO9. The Bertz CT molecular complexity index is 1380. The van der Waals surface area contributed by atoms with Crippen LogP contribution in [-0.4, -0.2) is 86.6 Å². The highest BCUT2D eigenvalue weighted by atomic mass is 16.7. The van der Waals surface area contributed by atoms with Gasteiger partial charge in [0.1, 0.15) is 12.2 Å². The highest BCUT2D eigenvalue weighted by molar-refractivity contribution is 5.87. The number of carbonyl (C=O) groups is 1. The van der Waals surface area contributed by atoms with Gasteiger partial charge >= 0.3 is 5.97 Å². The minimum Gasteiger partial charge on any atom is -0.504 e. The van der Waals surface area contributed by atoms with E-state index in [-0.39, 0.29) is 17.6 Å². The molecule has 2 saturated heterocycles. The number of carbonyl (C=O) groups excluding carboxylic acids is 1. The zero-order chi connectivity index (χ0) is 28.4. The van der Waals surface area contributed by atoms with Crippen molar-refractivity contribution in [3.63, 3.8) is 0 Å². The van der Waals surface area contributed by atoms with E-state index >= 15 is 0 Å². The largest absolute Gasteiger partial charge is 0.504 e. The van der Waals surface area contributed by atoms with Gasteiger partial charge in [0.05, 0.1) is 25.9 Å². The number of esters is 1. The number of phenols is 2. The Kier molecular flexibility index (Phi) is 6.30. The minimum absolute atomic E-state index is 0.0318.